The highest BCUT2D eigenvalue weighted by Gasteiger charge is 2.47. The van der Waals surface area contributed by atoms with E-state index in [-0.39, 0.29) is 23.7 Å². The molecule has 6 heteroatoms. The average Bonchev–Trinajstić information content (AvgIpc) is 3.32. The van der Waals surface area contributed by atoms with Gasteiger partial charge in [0.1, 0.15) is 5.75 Å². The van der Waals surface area contributed by atoms with Crippen LogP contribution in [0.5, 0.6) is 5.75 Å². The number of rotatable bonds is 8. The van der Waals surface area contributed by atoms with Crippen molar-refractivity contribution in [3.8, 4) is 5.75 Å². The summed E-state index contributed by atoms with van der Waals surface area (Å²) in [5.41, 5.74) is 0.636. The maximum atomic E-state index is 12.2. The quantitative estimate of drug-likeness (QED) is 0.709. The molecule has 2 atom stereocenters. The maximum absolute atomic E-state index is 12.2. The second kappa shape index (κ2) is 7.97. The predicted molar refractivity (Wildman–Crippen MR) is 89.4 cm³/mol. The Bertz CT molecular complexity index is 560. The van der Waals surface area contributed by atoms with E-state index in [4.69, 9.17) is 4.74 Å². The molecule has 1 saturated carbocycles. The van der Waals surface area contributed by atoms with Crippen molar-refractivity contribution in [3.63, 3.8) is 0 Å². The van der Waals surface area contributed by atoms with Crippen molar-refractivity contribution in [1.82, 2.24) is 10.2 Å². The molecule has 0 bridgehead atoms. The number of nitrogens with one attached hydrogen (secondary N) is 2. The molecule has 2 amide bonds. The van der Waals surface area contributed by atoms with Crippen molar-refractivity contribution in [2.24, 2.45) is 11.8 Å². The lowest BCUT2D eigenvalue weighted by Gasteiger charge is -2.10. The lowest BCUT2D eigenvalue weighted by Crippen LogP contribution is -2.30. The van der Waals surface area contributed by atoms with Gasteiger partial charge < -0.3 is 20.3 Å². The van der Waals surface area contributed by atoms with Crippen LogP contribution in [0.25, 0.3) is 0 Å². The lowest BCUT2D eigenvalue weighted by molar-refractivity contribution is -0.125. The number of methoxy groups -OCH3 is 1. The molecule has 1 fully saturated rings. The number of hydrogen-bond acceptors (Lipinski definition) is 4. The van der Waals surface area contributed by atoms with Gasteiger partial charge in [0.15, 0.2) is 0 Å². The molecule has 1 aliphatic carbocycles. The van der Waals surface area contributed by atoms with Gasteiger partial charge in [-0.25, -0.2) is 0 Å². The summed E-state index contributed by atoms with van der Waals surface area (Å²) in [5, 5.41) is 5.74. The van der Waals surface area contributed by atoms with Gasteiger partial charge in [0.05, 0.1) is 24.6 Å². The van der Waals surface area contributed by atoms with Gasteiger partial charge in [0.25, 0.3) is 0 Å². The number of carbonyl (C=O) groups is 2. The van der Waals surface area contributed by atoms with Crippen LogP contribution in [0.4, 0.5) is 5.69 Å². The number of ether oxygens (including phenoxy) is 1. The Hall–Kier alpha value is -2.08. The standard InChI is InChI=1S/C17H25N3O3/c1-20(2)10-6-9-18-16(21)12-11-13(12)17(22)19-14-7-4-5-8-15(14)23-3/h4-5,7-8,12-13H,6,9-11H2,1-3H3,(H,18,21)(H,19,22). The van der Waals surface area contributed by atoms with Gasteiger partial charge in [0, 0.05) is 6.54 Å². The average molecular weight is 319 g/mol. The third-order valence-corrected chi connectivity index (χ3v) is 3.91. The summed E-state index contributed by atoms with van der Waals surface area (Å²) >= 11 is 0. The summed E-state index contributed by atoms with van der Waals surface area (Å²) < 4.78 is 5.21. The molecule has 1 aromatic rings. The van der Waals surface area contributed by atoms with Crippen LogP contribution in [-0.4, -0.2) is 51.0 Å². The summed E-state index contributed by atoms with van der Waals surface area (Å²) in [6.45, 7) is 1.58. The third-order valence-electron chi connectivity index (χ3n) is 3.91. The first-order chi connectivity index (χ1) is 11.0. The van der Waals surface area contributed by atoms with Crippen molar-refractivity contribution in [2.45, 2.75) is 12.8 Å². The Labute approximate surface area is 137 Å². The first-order valence-corrected chi connectivity index (χ1v) is 7.89. The lowest BCUT2D eigenvalue weighted by atomic mass is 10.2. The van der Waals surface area contributed by atoms with Crippen LogP contribution >= 0.6 is 0 Å². The first kappa shape index (κ1) is 17.3. The molecule has 0 radical (unpaired) electrons. The molecule has 1 aliphatic rings. The Kier molecular flexibility index (Phi) is 5.98. The molecule has 0 heterocycles. The molecule has 23 heavy (non-hydrogen) atoms. The Morgan fingerprint density at radius 3 is 2.61 bits per heavy atom. The minimum absolute atomic E-state index is 0.0241. The van der Waals surface area contributed by atoms with Gasteiger partial charge in [-0.15, -0.1) is 0 Å². The monoisotopic (exact) mass is 319 g/mol. The zero-order valence-electron chi connectivity index (χ0n) is 14.0. The number of anilines is 1. The molecule has 0 saturated heterocycles. The number of para-hydroxylation sites is 2. The van der Waals surface area contributed by atoms with Crippen LogP contribution in [-0.2, 0) is 9.59 Å². The molecule has 2 rings (SSSR count). The normalized spacial score (nSPS) is 19.3. The third kappa shape index (κ3) is 4.96. The van der Waals surface area contributed by atoms with Crippen molar-refractivity contribution >= 4 is 17.5 Å². The van der Waals surface area contributed by atoms with E-state index >= 15 is 0 Å². The maximum Gasteiger partial charge on any atom is 0.228 e. The Balaban J connectivity index is 1.76. The van der Waals surface area contributed by atoms with Gasteiger partial charge in [-0.1, -0.05) is 12.1 Å². The molecular formula is C17H25N3O3. The highest BCUT2D eigenvalue weighted by molar-refractivity contribution is 6.00. The summed E-state index contributed by atoms with van der Waals surface area (Å²) in [6.07, 6.45) is 1.52. The van der Waals surface area contributed by atoms with Crippen LogP contribution in [0, 0.1) is 11.8 Å². The van der Waals surface area contributed by atoms with Gasteiger partial charge in [-0.05, 0) is 45.6 Å². The summed E-state index contributed by atoms with van der Waals surface area (Å²) in [5.74, 6) is 0.0240. The van der Waals surface area contributed by atoms with E-state index in [0.29, 0.717) is 24.4 Å². The zero-order valence-corrected chi connectivity index (χ0v) is 14.0. The van der Waals surface area contributed by atoms with E-state index in [0.717, 1.165) is 13.0 Å². The fraction of sp³-hybridized carbons (Fsp3) is 0.529. The van der Waals surface area contributed by atoms with Crippen LogP contribution in [0.1, 0.15) is 12.8 Å². The van der Waals surface area contributed by atoms with Gasteiger partial charge >= 0.3 is 0 Å². The number of hydrogen-bond donors (Lipinski definition) is 2. The molecule has 2 N–H and O–H groups in total. The Morgan fingerprint density at radius 2 is 1.91 bits per heavy atom. The fourth-order valence-corrected chi connectivity index (χ4v) is 2.49. The summed E-state index contributed by atoms with van der Waals surface area (Å²) in [4.78, 5) is 26.3. The van der Waals surface area contributed by atoms with Crippen molar-refractivity contribution in [1.29, 1.82) is 0 Å². The van der Waals surface area contributed by atoms with E-state index in [9.17, 15) is 9.59 Å². The van der Waals surface area contributed by atoms with E-state index in [1.807, 2.05) is 26.2 Å². The molecule has 6 nitrogen and oxygen atoms in total. The van der Waals surface area contributed by atoms with Crippen molar-refractivity contribution < 1.29 is 14.3 Å². The number of amides is 2. The fourth-order valence-electron chi connectivity index (χ4n) is 2.49. The Morgan fingerprint density at radius 1 is 1.22 bits per heavy atom. The van der Waals surface area contributed by atoms with Crippen LogP contribution in [0.3, 0.4) is 0 Å². The van der Waals surface area contributed by atoms with Crippen LogP contribution in [0.2, 0.25) is 0 Å². The van der Waals surface area contributed by atoms with E-state index in [1.54, 1.807) is 19.2 Å². The molecule has 0 aromatic heterocycles. The molecule has 0 aliphatic heterocycles. The van der Waals surface area contributed by atoms with Crippen molar-refractivity contribution in [2.75, 3.05) is 39.6 Å². The first-order valence-electron chi connectivity index (χ1n) is 7.89. The van der Waals surface area contributed by atoms with Gasteiger partial charge in [0.2, 0.25) is 11.8 Å². The minimum atomic E-state index is -0.242. The topological polar surface area (TPSA) is 70.7 Å². The summed E-state index contributed by atoms with van der Waals surface area (Å²) in [6, 6.07) is 7.25. The number of nitrogens with zero attached hydrogens (tertiary/aromatic N) is 1. The van der Waals surface area contributed by atoms with Gasteiger partial charge in [-0.2, -0.15) is 0 Å². The van der Waals surface area contributed by atoms with Crippen molar-refractivity contribution in [3.05, 3.63) is 24.3 Å². The summed E-state index contributed by atoms with van der Waals surface area (Å²) in [7, 11) is 5.56. The molecule has 0 spiro atoms. The predicted octanol–water partition coefficient (Wildman–Crippen LogP) is 1.34. The van der Waals surface area contributed by atoms with Crippen LogP contribution in [0.15, 0.2) is 24.3 Å². The second-order valence-electron chi connectivity index (χ2n) is 6.09. The van der Waals surface area contributed by atoms with E-state index < -0.39 is 0 Å². The van der Waals surface area contributed by atoms with Crippen LogP contribution < -0.4 is 15.4 Å². The second-order valence-corrected chi connectivity index (χ2v) is 6.09. The number of carbonyl (C=O) groups excluding carboxylic acids is 2. The zero-order chi connectivity index (χ0) is 16.8. The minimum Gasteiger partial charge on any atom is -0.495 e. The van der Waals surface area contributed by atoms with E-state index in [1.165, 1.54) is 0 Å². The SMILES string of the molecule is COc1ccccc1NC(=O)C1CC1C(=O)NCCCN(C)C. The molecule has 126 valence electrons. The van der Waals surface area contributed by atoms with Gasteiger partial charge in [-0.3, -0.25) is 9.59 Å². The van der Waals surface area contributed by atoms with E-state index in [2.05, 4.69) is 15.5 Å². The highest BCUT2D eigenvalue weighted by atomic mass is 16.5. The largest absolute Gasteiger partial charge is 0.495 e. The molecule has 1 aromatic carbocycles. The molecule has 2 unspecified atom stereocenters. The molecular weight excluding hydrogens is 294 g/mol. The highest BCUT2D eigenvalue weighted by Crippen LogP contribution is 2.40. The smallest absolute Gasteiger partial charge is 0.228 e. The number of benzene rings is 1.